The number of pyridine rings is 1. The van der Waals surface area contributed by atoms with E-state index < -0.39 is 0 Å². The Morgan fingerprint density at radius 2 is 2.24 bits per heavy atom. The quantitative estimate of drug-likeness (QED) is 0.739. The number of aliphatic imine (C=N–C) groups is 1. The van der Waals surface area contributed by atoms with Gasteiger partial charge in [0.15, 0.2) is 0 Å². The van der Waals surface area contributed by atoms with Gasteiger partial charge in [-0.25, -0.2) is 4.98 Å². The molecule has 2 aromatic rings. The summed E-state index contributed by atoms with van der Waals surface area (Å²) in [5.41, 5.74) is 10.5. The molecule has 0 atom stereocenters. The first-order valence-corrected chi connectivity index (χ1v) is 6.76. The Balaban J connectivity index is 1.98. The number of hydrogen-bond acceptors (Lipinski definition) is 5. The van der Waals surface area contributed by atoms with E-state index >= 15 is 0 Å². The highest BCUT2D eigenvalue weighted by Crippen LogP contribution is 2.31. The molecule has 21 heavy (non-hydrogen) atoms. The highest BCUT2D eigenvalue weighted by atomic mass is 15.0. The third kappa shape index (κ3) is 2.58. The monoisotopic (exact) mass is 279 g/mol. The predicted molar refractivity (Wildman–Crippen MR) is 87.1 cm³/mol. The number of rotatable bonds is 2. The number of allylic oxidation sites excluding steroid dienone is 1. The zero-order valence-corrected chi connectivity index (χ0v) is 11.8. The SMILES string of the molecule is CN=C(C=CN)c1ccc2c(c1)NCc1cccnc1N2. The predicted octanol–water partition coefficient (Wildman–Crippen LogP) is 2.64. The van der Waals surface area contributed by atoms with Crippen LogP contribution in [0.25, 0.3) is 0 Å². The van der Waals surface area contributed by atoms with Crippen LogP contribution in [0, 0.1) is 0 Å². The van der Waals surface area contributed by atoms with Crippen molar-refractivity contribution in [2.75, 3.05) is 17.7 Å². The van der Waals surface area contributed by atoms with Crippen LogP contribution in [0.2, 0.25) is 0 Å². The molecular formula is C16H17N5. The van der Waals surface area contributed by atoms with Gasteiger partial charge in [-0.3, -0.25) is 4.99 Å². The minimum Gasteiger partial charge on any atom is -0.405 e. The second-order valence-corrected chi connectivity index (χ2v) is 4.72. The van der Waals surface area contributed by atoms with Crippen LogP contribution in [0.4, 0.5) is 17.2 Å². The fourth-order valence-corrected chi connectivity index (χ4v) is 2.36. The molecule has 0 aliphatic carbocycles. The summed E-state index contributed by atoms with van der Waals surface area (Å²) in [4.78, 5) is 8.63. The normalized spacial score (nSPS) is 13.9. The van der Waals surface area contributed by atoms with Gasteiger partial charge in [0.05, 0.1) is 17.1 Å². The van der Waals surface area contributed by atoms with Crippen molar-refractivity contribution in [1.29, 1.82) is 0 Å². The summed E-state index contributed by atoms with van der Waals surface area (Å²) in [6.45, 7) is 0.734. The van der Waals surface area contributed by atoms with Gasteiger partial charge in [0.25, 0.3) is 0 Å². The maximum atomic E-state index is 5.47. The molecule has 0 fully saturated rings. The van der Waals surface area contributed by atoms with E-state index in [0.717, 1.165) is 40.6 Å². The maximum Gasteiger partial charge on any atom is 0.135 e. The molecule has 0 radical (unpaired) electrons. The molecule has 1 aromatic heterocycles. The Morgan fingerprint density at radius 3 is 3.05 bits per heavy atom. The lowest BCUT2D eigenvalue weighted by Gasteiger charge is -2.10. The van der Waals surface area contributed by atoms with Crippen molar-refractivity contribution < 1.29 is 0 Å². The molecule has 4 N–H and O–H groups in total. The maximum absolute atomic E-state index is 5.47. The summed E-state index contributed by atoms with van der Waals surface area (Å²) in [6, 6.07) is 10.1. The van der Waals surface area contributed by atoms with Gasteiger partial charge in [-0.1, -0.05) is 12.1 Å². The first kappa shape index (κ1) is 13.2. The highest BCUT2D eigenvalue weighted by molar-refractivity contribution is 6.09. The van der Waals surface area contributed by atoms with Gasteiger partial charge < -0.3 is 16.4 Å². The Kier molecular flexibility index (Phi) is 3.55. The molecular weight excluding hydrogens is 262 g/mol. The Labute approximate surface area is 123 Å². The molecule has 0 amide bonds. The molecule has 0 bridgehead atoms. The summed E-state index contributed by atoms with van der Waals surface area (Å²) in [5.74, 6) is 0.891. The lowest BCUT2D eigenvalue weighted by molar-refractivity contribution is 1.14. The van der Waals surface area contributed by atoms with Crippen LogP contribution in [0.3, 0.4) is 0 Å². The smallest absolute Gasteiger partial charge is 0.135 e. The fourth-order valence-electron chi connectivity index (χ4n) is 2.36. The molecule has 1 aliphatic heterocycles. The number of nitrogens with one attached hydrogen (secondary N) is 2. The van der Waals surface area contributed by atoms with E-state index in [1.807, 2.05) is 18.2 Å². The van der Waals surface area contributed by atoms with Gasteiger partial charge in [0.2, 0.25) is 0 Å². The van der Waals surface area contributed by atoms with E-state index in [4.69, 9.17) is 5.73 Å². The molecule has 106 valence electrons. The van der Waals surface area contributed by atoms with Gasteiger partial charge in [-0.2, -0.15) is 0 Å². The second-order valence-electron chi connectivity index (χ2n) is 4.72. The molecule has 5 nitrogen and oxygen atoms in total. The molecule has 2 heterocycles. The van der Waals surface area contributed by atoms with Crippen molar-refractivity contribution in [3.63, 3.8) is 0 Å². The number of hydrogen-bond donors (Lipinski definition) is 3. The van der Waals surface area contributed by atoms with Crippen molar-refractivity contribution >= 4 is 22.9 Å². The first-order valence-electron chi connectivity index (χ1n) is 6.76. The third-order valence-electron chi connectivity index (χ3n) is 3.42. The topological polar surface area (TPSA) is 75.3 Å². The van der Waals surface area contributed by atoms with Crippen molar-refractivity contribution in [3.8, 4) is 0 Å². The molecule has 0 spiro atoms. The lowest BCUT2D eigenvalue weighted by Crippen LogP contribution is -2.02. The molecule has 3 rings (SSSR count). The van der Waals surface area contributed by atoms with Gasteiger partial charge in [-0.15, -0.1) is 0 Å². The van der Waals surface area contributed by atoms with Gasteiger partial charge >= 0.3 is 0 Å². The summed E-state index contributed by atoms with van der Waals surface area (Å²) >= 11 is 0. The average Bonchev–Trinajstić information content (AvgIpc) is 2.71. The largest absolute Gasteiger partial charge is 0.405 e. The molecule has 1 aliphatic rings. The number of benzene rings is 1. The number of fused-ring (bicyclic) bond motifs is 2. The van der Waals surface area contributed by atoms with E-state index in [-0.39, 0.29) is 0 Å². The standard InChI is InChI=1S/C16H17N5/c1-18-13(6-7-17)11-4-5-14-15(9-11)20-10-12-3-2-8-19-16(12)21-14/h2-9,20H,10,17H2,1H3,(H,19,21). The van der Waals surface area contributed by atoms with Crippen molar-refractivity contribution in [1.82, 2.24) is 4.98 Å². The Morgan fingerprint density at radius 1 is 1.33 bits per heavy atom. The summed E-state index contributed by atoms with van der Waals surface area (Å²) in [6.07, 6.45) is 5.08. The summed E-state index contributed by atoms with van der Waals surface area (Å²) in [5, 5.41) is 6.79. The van der Waals surface area contributed by atoms with Crippen LogP contribution in [0.1, 0.15) is 11.1 Å². The van der Waals surface area contributed by atoms with Crippen LogP contribution in [0.15, 0.2) is 53.8 Å². The van der Waals surface area contributed by atoms with Crippen LogP contribution in [-0.2, 0) is 6.54 Å². The Bertz CT molecular complexity index is 718. The molecule has 5 heteroatoms. The number of anilines is 3. The van der Waals surface area contributed by atoms with E-state index in [1.54, 1.807) is 19.3 Å². The van der Waals surface area contributed by atoms with E-state index in [1.165, 1.54) is 6.20 Å². The van der Waals surface area contributed by atoms with Gasteiger partial charge in [-0.05, 0) is 30.5 Å². The number of nitrogens with two attached hydrogens (primary N) is 1. The fraction of sp³-hybridized carbons (Fsp3) is 0.125. The molecule has 0 saturated carbocycles. The van der Waals surface area contributed by atoms with Crippen LogP contribution in [0.5, 0.6) is 0 Å². The van der Waals surface area contributed by atoms with Crippen LogP contribution >= 0.6 is 0 Å². The summed E-state index contributed by atoms with van der Waals surface area (Å²) in [7, 11) is 1.76. The average molecular weight is 279 g/mol. The minimum absolute atomic E-state index is 0.734. The van der Waals surface area contributed by atoms with Crippen molar-refractivity contribution in [3.05, 3.63) is 59.9 Å². The minimum atomic E-state index is 0.734. The molecule has 0 saturated heterocycles. The lowest BCUT2D eigenvalue weighted by atomic mass is 10.1. The number of aromatic nitrogens is 1. The van der Waals surface area contributed by atoms with E-state index in [2.05, 4.69) is 32.7 Å². The van der Waals surface area contributed by atoms with E-state index in [0.29, 0.717) is 0 Å². The highest BCUT2D eigenvalue weighted by Gasteiger charge is 2.13. The summed E-state index contributed by atoms with van der Waals surface area (Å²) < 4.78 is 0. The first-order chi connectivity index (χ1) is 10.3. The van der Waals surface area contributed by atoms with Gasteiger partial charge in [0.1, 0.15) is 5.82 Å². The molecule has 1 aromatic carbocycles. The third-order valence-corrected chi connectivity index (χ3v) is 3.42. The Hall–Kier alpha value is -2.82. The van der Waals surface area contributed by atoms with Crippen LogP contribution in [-0.4, -0.2) is 17.7 Å². The number of nitrogens with zero attached hydrogens (tertiary/aromatic N) is 2. The molecule has 0 unspecified atom stereocenters. The van der Waals surface area contributed by atoms with Gasteiger partial charge in [0, 0.05) is 30.9 Å². The zero-order chi connectivity index (χ0) is 14.7. The van der Waals surface area contributed by atoms with E-state index in [9.17, 15) is 0 Å². The zero-order valence-electron chi connectivity index (χ0n) is 11.8. The van der Waals surface area contributed by atoms with Crippen LogP contribution < -0.4 is 16.4 Å². The second kappa shape index (κ2) is 5.66. The van der Waals surface area contributed by atoms with Crippen molar-refractivity contribution in [2.45, 2.75) is 6.54 Å². The van der Waals surface area contributed by atoms with Crippen molar-refractivity contribution in [2.24, 2.45) is 10.7 Å².